The van der Waals surface area contributed by atoms with Crippen LogP contribution in [0.25, 0.3) is 0 Å². The molecule has 1 unspecified atom stereocenters. The summed E-state index contributed by atoms with van der Waals surface area (Å²) >= 11 is 6.19. The molecule has 1 atom stereocenters. The van der Waals surface area contributed by atoms with Crippen molar-refractivity contribution in [3.05, 3.63) is 40.8 Å². The average Bonchev–Trinajstić information content (AvgIpc) is 2.53. The zero-order valence-corrected chi connectivity index (χ0v) is 12.7. The van der Waals surface area contributed by atoms with Gasteiger partial charge in [0.05, 0.1) is 32.4 Å². The monoisotopic (exact) mass is 309 g/mol. The number of methoxy groups -OCH3 is 3. The molecule has 7 heteroatoms. The van der Waals surface area contributed by atoms with Gasteiger partial charge in [0, 0.05) is 12.4 Å². The fourth-order valence-corrected chi connectivity index (χ4v) is 2.28. The van der Waals surface area contributed by atoms with Crippen LogP contribution < -0.4 is 19.9 Å². The molecule has 2 aromatic rings. The van der Waals surface area contributed by atoms with E-state index in [9.17, 15) is 0 Å². The summed E-state index contributed by atoms with van der Waals surface area (Å²) in [5.41, 5.74) is 7.48. The first-order valence-corrected chi connectivity index (χ1v) is 6.52. The van der Waals surface area contributed by atoms with Gasteiger partial charge in [0.15, 0.2) is 11.5 Å². The lowest BCUT2D eigenvalue weighted by Gasteiger charge is -2.17. The van der Waals surface area contributed by atoms with Gasteiger partial charge in [-0.25, -0.2) is 4.98 Å². The summed E-state index contributed by atoms with van der Waals surface area (Å²) in [6.07, 6.45) is 3.09. The molecular weight excluding hydrogens is 294 g/mol. The molecule has 0 aliphatic carbocycles. The first kappa shape index (κ1) is 15.3. The fraction of sp³-hybridized carbons (Fsp3) is 0.286. The van der Waals surface area contributed by atoms with Gasteiger partial charge >= 0.3 is 0 Å². The molecule has 1 heterocycles. The van der Waals surface area contributed by atoms with Crippen LogP contribution in [-0.2, 0) is 0 Å². The molecule has 2 rings (SSSR count). The summed E-state index contributed by atoms with van der Waals surface area (Å²) in [7, 11) is 4.57. The maximum absolute atomic E-state index is 6.24. The minimum absolute atomic E-state index is 0.371. The van der Waals surface area contributed by atoms with Crippen molar-refractivity contribution in [2.24, 2.45) is 5.73 Å². The van der Waals surface area contributed by atoms with Crippen LogP contribution in [0.4, 0.5) is 0 Å². The van der Waals surface area contributed by atoms with Crippen LogP contribution >= 0.6 is 11.6 Å². The topological polar surface area (TPSA) is 79.5 Å². The van der Waals surface area contributed by atoms with Crippen LogP contribution in [0.3, 0.4) is 0 Å². The Balaban J connectivity index is 2.48. The number of ether oxygens (including phenoxy) is 3. The lowest BCUT2D eigenvalue weighted by Crippen LogP contribution is -2.15. The third-order valence-electron chi connectivity index (χ3n) is 2.99. The Kier molecular flexibility index (Phi) is 4.82. The van der Waals surface area contributed by atoms with Gasteiger partial charge in [-0.3, -0.25) is 4.98 Å². The Morgan fingerprint density at radius 1 is 1.05 bits per heavy atom. The maximum atomic E-state index is 6.24. The highest BCUT2D eigenvalue weighted by Gasteiger charge is 2.20. The molecule has 0 radical (unpaired) electrons. The zero-order chi connectivity index (χ0) is 15.4. The van der Waals surface area contributed by atoms with Gasteiger partial charge < -0.3 is 19.9 Å². The number of benzene rings is 1. The van der Waals surface area contributed by atoms with E-state index in [1.807, 2.05) is 0 Å². The van der Waals surface area contributed by atoms with Crippen molar-refractivity contribution in [2.75, 3.05) is 21.3 Å². The number of aromatic nitrogens is 2. The molecular formula is C14H16ClN3O3. The quantitative estimate of drug-likeness (QED) is 0.912. The predicted octanol–water partition coefficient (Wildman–Crippen LogP) is 2.20. The molecule has 0 aliphatic rings. The molecule has 0 fully saturated rings. The summed E-state index contributed by atoms with van der Waals surface area (Å²) in [5, 5.41) is 0.408. The van der Waals surface area contributed by atoms with E-state index in [0.29, 0.717) is 28.1 Å². The summed E-state index contributed by atoms with van der Waals surface area (Å²) in [6, 6.07) is 2.91. The maximum Gasteiger partial charge on any atom is 0.237 e. The third-order valence-corrected chi connectivity index (χ3v) is 3.27. The predicted molar refractivity (Wildman–Crippen MR) is 79.2 cm³/mol. The molecule has 112 valence electrons. The molecule has 0 amide bonds. The molecule has 0 saturated carbocycles. The van der Waals surface area contributed by atoms with Crippen molar-refractivity contribution in [2.45, 2.75) is 6.04 Å². The van der Waals surface area contributed by atoms with Gasteiger partial charge in [-0.15, -0.1) is 0 Å². The van der Waals surface area contributed by atoms with Crippen LogP contribution in [0.1, 0.15) is 17.3 Å². The van der Waals surface area contributed by atoms with E-state index in [0.717, 1.165) is 5.56 Å². The first-order chi connectivity index (χ1) is 10.1. The second-order valence-electron chi connectivity index (χ2n) is 4.17. The number of hydrogen-bond acceptors (Lipinski definition) is 6. The van der Waals surface area contributed by atoms with Crippen molar-refractivity contribution >= 4 is 11.6 Å². The lowest BCUT2D eigenvalue weighted by molar-refractivity contribution is 0.354. The van der Waals surface area contributed by atoms with Crippen LogP contribution in [0, 0.1) is 0 Å². The molecule has 0 bridgehead atoms. The SMILES string of the molecule is COc1cc(C(N)c2nccnc2OC)cc(Cl)c1OC. The highest BCUT2D eigenvalue weighted by molar-refractivity contribution is 6.32. The molecule has 1 aromatic carbocycles. The summed E-state index contributed by atoms with van der Waals surface area (Å²) in [4.78, 5) is 8.31. The number of halogens is 1. The summed E-state index contributed by atoms with van der Waals surface area (Å²) < 4.78 is 15.6. The lowest BCUT2D eigenvalue weighted by atomic mass is 10.0. The summed E-state index contributed by atoms with van der Waals surface area (Å²) in [6.45, 7) is 0. The Bertz CT molecular complexity index is 637. The standard InChI is InChI=1S/C14H16ClN3O3/c1-19-10-7-8(6-9(15)13(10)20-2)11(16)12-14(21-3)18-5-4-17-12/h4-7,11H,16H2,1-3H3. The van der Waals surface area contributed by atoms with E-state index in [2.05, 4.69) is 9.97 Å². The number of nitrogens with zero attached hydrogens (tertiary/aromatic N) is 2. The number of nitrogens with two attached hydrogens (primary N) is 1. The van der Waals surface area contributed by atoms with E-state index in [4.69, 9.17) is 31.5 Å². The van der Waals surface area contributed by atoms with E-state index >= 15 is 0 Å². The third kappa shape index (κ3) is 3.01. The van der Waals surface area contributed by atoms with Crippen molar-refractivity contribution in [3.63, 3.8) is 0 Å². The highest BCUT2D eigenvalue weighted by atomic mass is 35.5. The largest absolute Gasteiger partial charge is 0.493 e. The number of rotatable bonds is 5. The van der Waals surface area contributed by atoms with Crippen LogP contribution in [0.5, 0.6) is 17.4 Å². The van der Waals surface area contributed by atoms with E-state index in [1.54, 1.807) is 18.3 Å². The summed E-state index contributed by atoms with van der Waals surface area (Å²) in [5.74, 6) is 1.33. The molecule has 0 aliphatic heterocycles. The molecule has 6 nitrogen and oxygen atoms in total. The zero-order valence-electron chi connectivity index (χ0n) is 12.0. The smallest absolute Gasteiger partial charge is 0.237 e. The Morgan fingerprint density at radius 2 is 1.76 bits per heavy atom. The fourth-order valence-electron chi connectivity index (χ4n) is 1.98. The van der Waals surface area contributed by atoms with Gasteiger partial charge in [0.1, 0.15) is 5.69 Å². The average molecular weight is 310 g/mol. The number of hydrogen-bond donors (Lipinski definition) is 1. The van der Waals surface area contributed by atoms with Crippen LogP contribution in [-0.4, -0.2) is 31.3 Å². The van der Waals surface area contributed by atoms with Gasteiger partial charge in [-0.2, -0.15) is 0 Å². The van der Waals surface area contributed by atoms with E-state index in [1.165, 1.54) is 27.5 Å². The molecule has 0 saturated heterocycles. The molecule has 2 N–H and O–H groups in total. The van der Waals surface area contributed by atoms with Crippen LogP contribution in [0.15, 0.2) is 24.5 Å². The first-order valence-electron chi connectivity index (χ1n) is 6.14. The van der Waals surface area contributed by atoms with Crippen molar-refractivity contribution < 1.29 is 14.2 Å². The second-order valence-corrected chi connectivity index (χ2v) is 4.57. The second kappa shape index (κ2) is 6.60. The normalized spacial score (nSPS) is 11.9. The Morgan fingerprint density at radius 3 is 2.38 bits per heavy atom. The van der Waals surface area contributed by atoms with Gasteiger partial charge in [0.25, 0.3) is 0 Å². The van der Waals surface area contributed by atoms with E-state index < -0.39 is 6.04 Å². The van der Waals surface area contributed by atoms with Crippen molar-refractivity contribution in [1.82, 2.24) is 9.97 Å². The van der Waals surface area contributed by atoms with E-state index in [-0.39, 0.29) is 0 Å². The highest BCUT2D eigenvalue weighted by Crippen LogP contribution is 2.38. The molecule has 0 spiro atoms. The van der Waals surface area contributed by atoms with Gasteiger partial charge in [-0.05, 0) is 17.7 Å². The minimum atomic E-state index is -0.550. The Labute approximate surface area is 127 Å². The van der Waals surface area contributed by atoms with Crippen molar-refractivity contribution in [1.29, 1.82) is 0 Å². The minimum Gasteiger partial charge on any atom is -0.493 e. The molecule has 21 heavy (non-hydrogen) atoms. The molecule has 1 aromatic heterocycles. The van der Waals surface area contributed by atoms with Crippen molar-refractivity contribution in [3.8, 4) is 17.4 Å². The van der Waals surface area contributed by atoms with Gasteiger partial charge in [0.2, 0.25) is 5.88 Å². The Hall–Kier alpha value is -2.05. The van der Waals surface area contributed by atoms with Gasteiger partial charge in [-0.1, -0.05) is 11.6 Å². The van der Waals surface area contributed by atoms with Crippen LogP contribution in [0.2, 0.25) is 5.02 Å².